The molecule has 0 aliphatic carbocycles. The van der Waals surface area contributed by atoms with Gasteiger partial charge in [0.2, 0.25) is 0 Å². The van der Waals surface area contributed by atoms with E-state index in [9.17, 15) is 0 Å². The van der Waals surface area contributed by atoms with Gasteiger partial charge in [-0.2, -0.15) is 0 Å². The molecular weight excluding hydrogens is 352 g/mol. The zero-order valence-electron chi connectivity index (χ0n) is 14.0. The fourth-order valence-corrected chi connectivity index (χ4v) is 3.20. The van der Waals surface area contributed by atoms with Crippen LogP contribution in [0.15, 0.2) is 24.5 Å². The number of H-pyrrole nitrogens is 1. The van der Waals surface area contributed by atoms with Crippen molar-refractivity contribution in [2.24, 2.45) is 0 Å². The van der Waals surface area contributed by atoms with E-state index >= 15 is 0 Å². The molecule has 128 valence electrons. The maximum absolute atomic E-state index is 5.81. The van der Waals surface area contributed by atoms with Gasteiger partial charge in [0, 0.05) is 11.4 Å². The SMILES string of the molecule is BrCCCCCCCCCCCCOc1ccc2[nH]cnc2c1. The van der Waals surface area contributed by atoms with Crippen molar-refractivity contribution in [3.63, 3.8) is 0 Å². The Labute approximate surface area is 148 Å². The van der Waals surface area contributed by atoms with Crippen molar-refractivity contribution in [2.75, 3.05) is 11.9 Å². The molecule has 3 nitrogen and oxygen atoms in total. The summed E-state index contributed by atoms with van der Waals surface area (Å²) in [4.78, 5) is 7.34. The van der Waals surface area contributed by atoms with Crippen molar-refractivity contribution in [2.45, 2.75) is 64.2 Å². The van der Waals surface area contributed by atoms with E-state index in [1.54, 1.807) is 6.33 Å². The smallest absolute Gasteiger partial charge is 0.121 e. The number of unbranched alkanes of at least 4 members (excludes halogenated alkanes) is 9. The number of aromatic amines is 1. The fourth-order valence-electron chi connectivity index (χ4n) is 2.80. The number of imidazole rings is 1. The summed E-state index contributed by atoms with van der Waals surface area (Å²) in [6, 6.07) is 6.03. The van der Waals surface area contributed by atoms with Crippen LogP contribution in [0.5, 0.6) is 5.75 Å². The largest absolute Gasteiger partial charge is 0.494 e. The first kappa shape index (κ1) is 18.3. The second-order valence-electron chi connectivity index (χ2n) is 6.15. The van der Waals surface area contributed by atoms with Gasteiger partial charge in [-0.3, -0.25) is 0 Å². The summed E-state index contributed by atoms with van der Waals surface area (Å²) in [6.07, 6.45) is 15.2. The molecule has 1 N–H and O–H groups in total. The van der Waals surface area contributed by atoms with Crippen molar-refractivity contribution in [1.29, 1.82) is 0 Å². The summed E-state index contributed by atoms with van der Waals surface area (Å²) in [5, 5.41) is 1.16. The van der Waals surface area contributed by atoms with Crippen LogP contribution in [0.3, 0.4) is 0 Å². The number of nitrogens with zero attached hydrogens (tertiary/aromatic N) is 1. The minimum Gasteiger partial charge on any atom is -0.494 e. The van der Waals surface area contributed by atoms with Gasteiger partial charge in [-0.05, 0) is 25.0 Å². The molecule has 2 aromatic rings. The third kappa shape index (κ3) is 7.38. The average Bonchev–Trinajstić information content (AvgIpc) is 3.03. The first-order chi connectivity index (χ1) is 11.4. The van der Waals surface area contributed by atoms with Crippen molar-refractivity contribution < 1.29 is 4.74 Å². The van der Waals surface area contributed by atoms with Gasteiger partial charge < -0.3 is 9.72 Å². The van der Waals surface area contributed by atoms with Crippen molar-refractivity contribution in [3.8, 4) is 5.75 Å². The highest BCUT2D eigenvalue weighted by Crippen LogP contribution is 2.18. The fraction of sp³-hybridized carbons (Fsp3) is 0.632. The number of aromatic nitrogens is 2. The monoisotopic (exact) mass is 380 g/mol. The van der Waals surface area contributed by atoms with Crippen LogP contribution in [0, 0.1) is 0 Å². The number of ether oxygens (including phenoxy) is 1. The van der Waals surface area contributed by atoms with Crippen LogP contribution in [0.25, 0.3) is 11.0 Å². The molecule has 0 amide bonds. The van der Waals surface area contributed by atoms with E-state index in [-0.39, 0.29) is 0 Å². The van der Waals surface area contributed by atoms with E-state index in [2.05, 4.69) is 25.9 Å². The lowest BCUT2D eigenvalue weighted by Crippen LogP contribution is -1.97. The van der Waals surface area contributed by atoms with Crippen LogP contribution < -0.4 is 4.74 Å². The Morgan fingerprint density at radius 3 is 2.22 bits per heavy atom. The molecule has 0 aliphatic heterocycles. The van der Waals surface area contributed by atoms with E-state index in [0.717, 1.165) is 35.1 Å². The Bertz CT molecular complexity index is 541. The second kappa shape index (κ2) is 11.5. The van der Waals surface area contributed by atoms with E-state index < -0.39 is 0 Å². The maximum atomic E-state index is 5.81. The van der Waals surface area contributed by atoms with Crippen molar-refractivity contribution >= 4 is 27.0 Å². The number of hydrogen-bond acceptors (Lipinski definition) is 2. The van der Waals surface area contributed by atoms with Crippen molar-refractivity contribution in [3.05, 3.63) is 24.5 Å². The van der Waals surface area contributed by atoms with Gasteiger partial charge in [0.25, 0.3) is 0 Å². The van der Waals surface area contributed by atoms with Gasteiger partial charge in [0.15, 0.2) is 0 Å². The number of hydrogen-bond donors (Lipinski definition) is 1. The molecule has 1 heterocycles. The number of benzene rings is 1. The minimum absolute atomic E-state index is 0.808. The molecule has 0 saturated heterocycles. The average molecular weight is 381 g/mol. The Morgan fingerprint density at radius 2 is 1.52 bits per heavy atom. The highest BCUT2D eigenvalue weighted by molar-refractivity contribution is 9.09. The third-order valence-corrected chi connectivity index (χ3v) is 4.75. The topological polar surface area (TPSA) is 37.9 Å². The number of halogens is 1. The quantitative estimate of drug-likeness (QED) is 0.330. The predicted octanol–water partition coefficient (Wildman–Crippen LogP) is 6.24. The van der Waals surface area contributed by atoms with Gasteiger partial charge in [-0.1, -0.05) is 67.3 Å². The van der Waals surface area contributed by atoms with Crippen LogP contribution in [-0.4, -0.2) is 21.9 Å². The van der Waals surface area contributed by atoms with Gasteiger partial charge >= 0.3 is 0 Å². The molecular formula is C19H29BrN2O. The maximum Gasteiger partial charge on any atom is 0.121 e. The van der Waals surface area contributed by atoms with Gasteiger partial charge in [0.05, 0.1) is 24.0 Å². The molecule has 0 radical (unpaired) electrons. The Hall–Kier alpha value is -1.03. The summed E-state index contributed by atoms with van der Waals surface area (Å²) >= 11 is 3.48. The molecule has 0 fully saturated rings. The van der Waals surface area contributed by atoms with Crippen LogP contribution in [-0.2, 0) is 0 Å². The first-order valence-corrected chi connectivity index (χ1v) is 10.1. The van der Waals surface area contributed by atoms with Gasteiger partial charge in [-0.25, -0.2) is 4.98 Å². The van der Waals surface area contributed by atoms with Gasteiger partial charge in [0.1, 0.15) is 5.75 Å². The normalized spacial score (nSPS) is 11.2. The molecule has 0 saturated carbocycles. The Morgan fingerprint density at radius 1 is 0.870 bits per heavy atom. The summed E-state index contributed by atoms with van der Waals surface area (Å²) in [6.45, 7) is 0.808. The number of alkyl halides is 1. The summed E-state index contributed by atoms with van der Waals surface area (Å²) < 4.78 is 5.81. The molecule has 2 rings (SSSR count). The number of nitrogens with one attached hydrogen (secondary N) is 1. The Kier molecular flexibility index (Phi) is 9.15. The molecule has 0 aliphatic rings. The highest BCUT2D eigenvalue weighted by atomic mass is 79.9. The van der Waals surface area contributed by atoms with Gasteiger partial charge in [-0.15, -0.1) is 0 Å². The summed E-state index contributed by atoms with van der Waals surface area (Å²) in [5.74, 6) is 0.924. The van der Waals surface area contributed by atoms with E-state index in [1.807, 2.05) is 18.2 Å². The van der Waals surface area contributed by atoms with Crippen molar-refractivity contribution in [1.82, 2.24) is 9.97 Å². The number of rotatable bonds is 13. The zero-order chi connectivity index (χ0) is 16.2. The summed E-state index contributed by atoms with van der Waals surface area (Å²) in [7, 11) is 0. The van der Waals surface area contributed by atoms with E-state index in [0.29, 0.717) is 0 Å². The molecule has 1 aromatic carbocycles. The lowest BCUT2D eigenvalue weighted by atomic mass is 10.1. The lowest BCUT2D eigenvalue weighted by Gasteiger charge is -2.06. The summed E-state index contributed by atoms with van der Waals surface area (Å²) in [5.41, 5.74) is 2.03. The predicted molar refractivity (Wildman–Crippen MR) is 102 cm³/mol. The standard InChI is InChI=1S/C19H29BrN2O/c20-13-9-7-5-3-1-2-4-6-8-10-14-23-17-11-12-18-19(15-17)22-16-21-18/h11-12,15-16H,1-10,13-14H2,(H,21,22). The van der Waals surface area contributed by atoms with Crippen LogP contribution in [0.4, 0.5) is 0 Å². The Balaban J connectivity index is 1.42. The zero-order valence-corrected chi connectivity index (χ0v) is 15.6. The van der Waals surface area contributed by atoms with E-state index in [4.69, 9.17) is 4.74 Å². The molecule has 0 unspecified atom stereocenters. The van der Waals surface area contributed by atoms with Crippen LogP contribution in [0.2, 0.25) is 0 Å². The molecule has 1 aromatic heterocycles. The highest BCUT2D eigenvalue weighted by Gasteiger charge is 1.99. The third-order valence-electron chi connectivity index (χ3n) is 4.19. The molecule has 0 bridgehead atoms. The molecule has 23 heavy (non-hydrogen) atoms. The van der Waals surface area contributed by atoms with E-state index in [1.165, 1.54) is 57.8 Å². The second-order valence-corrected chi connectivity index (χ2v) is 6.95. The molecule has 0 atom stereocenters. The lowest BCUT2D eigenvalue weighted by molar-refractivity contribution is 0.304. The molecule has 4 heteroatoms. The minimum atomic E-state index is 0.808. The first-order valence-electron chi connectivity index (χ1n) is 9.02. The molecule has 0 spiro atoms. The number of fused-ring (bicyclic) bond motifs is 1. The van der Waals surface area contributed by atoms with Crippen LogP contribution in [0.1, 0.15) is 64.2 Å². The van der Waals surface area contributed by atoms with Crippen LogP contribution >= 0.6 is 15.9 Å².